The van der Waals surface area contributed by atoms with Crippen molar-refractivity contribution < 1.29 is 14.3 Å². The third-order valence-electron chi connectivity index (χ3n) is 4.07. The number of aromatic nitrogens is 1. The van der Waals surface area contributed by atoms with E-state index in [2.05, 4.69) is 25.8 Å². The highest BCUT2D eigenvalue weighted by atomic mass is 16.4. The number of hydrogen-bond donors (Lipinski definition) is 1. The van der Waals surface area contributed by atoms with Crippen LogP contribution in [0.5, 0.6) is 0 Å². The number of carboxylic acids is 1. The average molecular weight is 287 g/mol. The molecule has 112 valence electrons. The van der Waals surface area contributed by atoms with Gasteiger partial charge in [-0.2, -0.15) is 0 Å². The highest BCUT2D eigenvalue weighted by molar-refractivity contribution is 5.74. The summed E-state index contributed by atoms with van der Waals surface area (Å²) in [5.41, 5.74) is 2.54. The van der Waals surface area contributed by atoms with E-state index in [9.17, 15) is 4.79 Å². The molecule has 3 rings (SSSR count). The number of fused-ring (bicyclic) bond motifs is 1. The van der Waals surface area contributed by atoms with Crippen LogP contribution in [0.25, 0.3) is 11.1 Å². The van der Waals surface area contributed by atoms with E-state index in [1.54, 1.807) is 0 Å². The van der Waals surface area contributed by atoms with Gasteiger partial charge in [0.15, 0.2) is 5.58 Å². The van der Waals surface area contributed by atoms with Crippen LogP contribution in [-0.2, 0) is 10.2 Å². The normalized spacial score (nSPS) is 17.1. The number of carboxylic acid groups (broad SMARTS) is 1. The highest BCUT2D eigenvalue weighted by Gasteiger charge is 2.34. The summed E-state index contributed by atoms with van der Waals surface area (Å²) in [6.45, 7) is 6.20. The monoisotopic (exact) mass is 287 g/mol. The van der Waals surface area contributed by atoms with Crippen LogP contribution in [0, 0.1) is 5.92 Å². The summed E-state index contributed by atoms with van der Waals surface area (Å²) in [6, 6.07) is 5.91. The Hall–Kier alpha value is -1.84. The molecule has 4 heteroatoms. The Morgan fingerprint density at radius 1 is 1.43 bits per heavy atom. The van der Waals surface area contributed by atoms with Gasteiger partial charge in [0.25, 0.3) is 0 Å². The number of benzene rings is 1. The number of nitrogens with zero attached hydrogens (tertiary/aromatic N) is 1. The van der Waals surface area contributed by atoms with Gasteiger partial charge >= 0.3 is 5.97 Å². The van der Waals surface area contributed by atoms with Crippen molar-refractivity contribution >= 4 is 17.1 Å². The molecule has 1 unspecified atom stereocenters. The van der Waals surface area contributed by atoms with E-state index in [0.29, 0.717) is 5.92 Å². The molecule has 2 aromatic rings. The maximum absolute atomic E-state index is 11.1. The number of hydrogen-bond acceptors (Lipinski definition) is 3. The summed E-state index contributed by atoms with van der Waals surface area (Å²) in [5.74, 6) is 0.590. The zero-order chi connectivity index (χ0) is 15.2. The van der Waals surface area contributed by atoms with Crippen molar-refractivity contribution in [1.82, 2.24) is 4.98 Å². The SMILES string of the molecule is CC(C)(C)c1nc2cc(C(CC(=O)O)C3CC3)ccc2o1. The molecule has 0 radical (unpaired) electrons. The number of carbonyl (C=O) groups is 1. The van der Waals surface area contributed by atoms with E-state index in [0.717, 1.165) is 35.4 Å². The lowest BCUT2D eigenvalue weighted by molar-refractivity contribution is -0.137. The standard InChI is InChI=1S/C17H21NO3/c1-17(2,3)16-18-13-8-11(6-7-14(13)21-16)12(9-15(19)20)10-4-5-10/h6-8,10,12H,4-5,9H2,1-3H3,(H,19,20). The summed E-state index contributed by atoms with van der Waals surface area (Å²) in [4.78, 5) is 15.7. The van der Waals surface area contributed by atoms with Gasteiger partial charge in [0, 0.05) is 5.41 Å². The van der Waals surface area contributed by atoms with Crippen LogP contribution in [0.4, 0.5) is 0 Å². The molecule has 0 bridgehead atoms. The molecular formula is C17H21NO3. The molecule has 1 aliphatic carbocycles. The first-order valence-corrected chi connectivity index (χ1v) is 7.47. The minimum absolute atomic E-state index is 0.0988. The molecule has 1 fully saturated rings. The van der Waals surface area contributed by atoms with Crippen molar-refractivity contribution in [2.24, 2.45) is 5.92 Å². The van der Waals surface area contributed by atoms with E-state index in [-0.39, 0.29) is 17.8 Å². The van der Waals surface area contributed by atoms with Crippen LogP contribution < -0.4 is 0 Å². The van der Waals surface area contributed by atoms with Crippen molar-refractivity contribution in [3.8, 4) is 0 Å². The third-order valence-corrected chi connectivity index (χ3v) is 4.07. The average Bonchev–Trinajstić information content (AvgIpc) is 3.12. The first-order valence-electron chi connectivity index (χ1n) is 7.47. The molecule has 1 aromatic heterocycles. The fourth-order valence-corrected chi connectivity index (χ4v) is 2.74. The van der Waals surface area contributed by atoms with Gasteiger partial charge < -0.3 is 9.52 Å². The Bertz CT molecular complexity index is 677. The summed E-state index contributed by atoms with van der Waals surface area (Å²) < 4.78 is 5.80. The largest absolute Gasteiger partial charge is 0.481 e. The first kappa shape index (κ1) is 14.1. The van der Waals surface area contributed by atoms with Crippen LogP contribution in [0.15, 0.2) is 22.6 Å². The molecule has 1 saturated carbocycles. The maximum Gasteiger partial charge on any atom is 0.303 e. The quantitative estimate of drug-likeness (QED) is 0.919. The minimum Gasteiger partial charge on any atom is -0.481 e. The van der Waals surface area contributed by atoms with Crippen LogP contribution in [0.1, 0.15) is 57.4 Å². The van der Waals surface area contributed by atoms with Gasteiger partial charge in [0.2, 0.25) is 5.89 Å². The van der Waals surface area contributed by atoms with Crippen LogP contribution in [0.3, 0.4) is 0 Å². The van der Waals surface area contributed by atoms with Gasteiger partial charge in [-0.3, -0.25) is 4.79 Å². The molecule has 1 aromatic carbocycles. The second-order valence-electron chi connectivity index (χ2n) is 7.04. The lowest BCUT2D eigenvalue weighted by Crippen LogP contribution is -2.11. The van der Waals surface area contributed by atoms with E-state index < -0.39 is 5.97 Å². The van der Waals surface area contributed by atoms with E-state index in [1.807, 2.05) is 18.2 Å². The van der Waals surface area contributed by atoms with E-state index in [4.69, 9.17) is 9.52 Å². The molecule has 4 nitrogen and oxygen atoms in total. The topological polar surface area (TPSA) is 63.3 Å². The van der Waals surface area contributed by atoms with E-state index >= 15 is 0 Å². The lowest BCUT2D eigenvalue weighted by Gasteiger charge is -2.13. The van der Waals surface area contributed by atoms with Crippen molar-refractivity contribution in [1.29, 1.82) is 0 Å². The van der Waals surface area contributed by atoms with Gasteiger partial charge in [-0.25, -0.2) is 4.98 Å². The van der Waals surface area contributed by atoms with Crippen molar-refractivity contribution in [2.75, 3.05) is 0 Å². The number of aliphatic carboxylic acids is 1. The second-order valence-corrected chi connectivity index (χ2v) is 7.04. The highest BCUT2D eigenvalue weighted by Crippen LogP contribution is 2.45. The van der Waals surface area contributed by atoms with Gasteiger partial charge in [-0.05, 0) is 42.4 Å². The van der Waals surface area contributed by atoms with Gasteiger partial charge in [-0.15, -0.1) is 0 Å². The Kier molecular flexibility index (Phi) is 3.27. The fourth-order valence-electron chi connectivity index (χ4n) is 2.74. The fraction of sp³-hybridized carbons (Fsp3) is 0.529. The summed E-state index contributed by atoms with van der Waals surface area (Å²) in [7, 11) is 0. The second kappa shape index (κ2) is 4.86. The maximum atomic E-state index is 11.1. The molecule has 1 heterocycles. The molecule has 0 saturated heterocycles. The molecule has 21 heavy (non-hydrogen) atoms. The van der Waals surface area contributed by atoms with Crippen LogP contribution in [-0.4, -0.2) is 16.1 Å². The zero-order valence-electron chi connectivity index (χ0n) is 12.7. The summed E-state index contributed by atoms with van der Waals surface area (Å²) in [5, 5.41) is 9.11. The predicted octanol–water partition coefficient (Wildman–Crippen LogP) is 4.09. The molecule has 0 amide bonds. The van der Waals surface area contributed by atoms with Crippen molar-refractivity contribution in [3.63, 3.8) is 0 Å². The predicted molar refractivity (Wildman–Crippen MR) is 80.4 cm³/mol. The van der Waals surface area contributed by atoms with Gasteiger partial charge in [0.05, 0.1) is 6.42 Å². The molecule has 0 spiro atoms. The zero-order valence-corrected chi connectivity index (χ0v) is 12.7. The Morgan fingerprint density at radius 3 is 2.71 bits per heavy atom. The molecule has 1 aliphatic rings. The Balaban J connectivity index is 1.97. The molecule has 1 N–H and O–H groups in total. The molecular weight excluding hydrogens is 266 g/mol. The summed E-state index contributed by atoms with van der Waals surface area (Å²) in [6.07, 6.45) is 2.45. The first-order chi connectivity index (χ1) is 9.84. The Morgan fingerprint density at radius 2 is 2.14 bits per heavy atom. The Labute approximate surface area is 124 Å². The van der Waals surface area contributed by atoms with Gasteiger partial charge in [-0.1, -0.05) is 26.8 Å². The van der Waals surface area contributed by atoms with Crippen molar-refractivity contribution in [2.45, 2.75) is 51.4 Å². The van der Waals surface area contributed by atoms with Crippen LogP contribution in [0.2, 0.25) is 0 Å². The molecule has 0 aliphatic heterocycles. The lowest BCUT2D eigenvalue weighted by atomic mass is 9.91. The summed E-state index contributed by atoms with van der Waals surface area (Å²) >= 11 is 0. The third kappa shape index (κ3) is 2.94. The minimum atomic E-state index is -0.734. The smallest absolute Gasteiger partial charge is 0.303 e. The van der Waals surface area contributed by atoms with E-state index in [1.165, 1.54) is 0 Å². The van der Waals surface area contributed by atoms with Gasteiger partial charge in [0.1, 0.15) is 5.52 Å². The number of oxazole rings is 1. The van der Waals surface area contributed by atoms with Crippen LogP contribution >= 0.6 is 0 Å². The number of rotatable bonds is 4. The molecule has 1 atom stereocenters. The van der Waals surface area contributed by atoms with Crippen molar-refractivity contribution in [3.05, 3.63) is 29.7 Å².